The van der Waals surface area contributed by atoms with E-state index in [0.717, 1.165) is 44.9 Å². The molecule has 4 heteroatoms. The normalized spacial score (nSPS) is 12.2. The first kappa shape index (κ1) is 21.5. The van der Waals surface area contributed by atoms with Crippen LogP contribution in [0.2, 0.25) is 0 Å². The smallest absolute Gasteiger partial charge is 0.160 e. The van der Waals surface area contributed by atoms with Gasteiger partial charge in [-0.2, -0.15) is 0 Å². The summed E-state index contributed by atoms with van der Waals surface area (Å²) in [6.07, 6.45) is 0. The molecule has 0 spiro atoms. The molecule has 0 saturated heterocycles. The van der Waals surface area contributed by atoms with Gasteiger partial charge in [0, 0.05) is 33.0 Å². The molecule has 8 aromatic rings. The largest absolute Gasteiger partial charge is 0.456 e. The maximum absolute atomic E-state index is 6.17. The van der Waals surface area contributed by atoms with Crippen LogP contribution in [0.5, 0.6) is 11.5 Å². The van der Waals surface area contributed by atoms with Gasteiger partial charge in [-0.3, -0.25) is 0 Å². The van der Waals surface area contributed by atoms with Crippen LogP contribution in [-0.4, -0.2) is 14.5 Å². The Balaban J connectivity index is 1.25. The van der Waals surface area contributed by atoms with Crippen LogP contribution < -0.4 is 4.74 Å². The zero-order valence-electron chi connectivity index (χ0n) is 21.4. The van der Waals surface area contributed by atoms with Gasteiger partial charge in [-0.15, -0.1) is 0 Å². The molecule has 1 aliphatic heterocycles. The summed E-state index contributed by atoms with van der Waals surface area (Å²) in [6, 6.07) is 44.4. The topological polar surface area (TPSA) is 39.9 Å². The third-order valence-corrected chi connectivity index (χ3v) is 7.99. The van der Waals surface area contributed by atoms with Gasteiger partial charge in [0.1, 0.15) is 11.5 Å². The molecule has 9 rings (SSSR count). The highest BCUT2D eigenvalue weighted by Crippen LogP contribution is 2.45. The van der Waals surface area contributed by atoms with Crippen LogP contribution in [-0.2, 0) is 0 Å². The van der Waals surface area contributed by atoms with E-state index in [0.29, 0.717) is 5.82 Å². The zero-order valence-corrected chi connectivity index (χ0v) is 21.4. The van der Waals surface area contributed by atoms with Crippen molar-refractivity contribution in [3.05, 3.63) is 127 Å². The summed E-state index contributed by atoms with van der Waals surface area (Å²) in [5, 5.41) is 5.94. The molecule has 0 radical (unpaired) electrons. The highest BCUT2D eigenvalue weighted by atomic mass is 16.5. The van der Waals surface area contributed by atoms with E-state index >= 15 is 0 Å². The monoisotopic (exact) mass is 511 g/mol. The summed E-state index contributed by atoms with van der Waals surface area (Å²) in [6.45, 7) is 0. The van der Waals surface area contributed by atoms with Gasteiger partial charge >= 0.3 is 0 Å². The summed E-state index contributed by atoms with van der Waals surface area (Å²) >= 11 is 0. The summed E-state index contributed by atoms with van der Waals surface area (Å²) in [5.41, 5.74) is 7.28. The molecule has 3 heterocycles. The van der Waals surface area contributed by atoms with Gasteiger partial charge in [-0.25, -0.2) is 9.97 Å². The second-order valence-electron chi connectivity index (χ2n) is 10.2. The first-order valence-corrected chi connectivity index (χ1v) is 13.4. The third kappa shape index (κ3) is 2.96. The van der Waals surface area contributed by atoms with E-state index in [-0.39, 0.29) is 0 Å². The zero-order chi connectivity index (χ0) is 26.2. The second kappa shape index (κ2) is 8.01. The minimum atomic E-state index is 0.704. The predicted octanol–water partition coefficient (Wildman–Crippen LogP) is 9.32. The number of hydrogen-bond acceptors (Lipinski definition) is 3. The molecule has 186 valence electrons. The average molecular weight is 512 g/mol. The summed E-state index contributed by atoms with van der Waals surface area (Å²) in [5.74, 6) is 2.32. The van der Waals surface area contributed by atoms with Gasteiger partial charge in [0.25, 0.3) is 0 Å². The number of benzene rings is 6. The Bertz CT molecular complexity index is 2300. The Labute approximate surface area is 229 Å². The molecule has 4 nitrogen and oxygen atoms in total. The van der Waals surface area contributed by atoms with Crippen molar-refractivity contribution in [2.45, 2.75) is 0 Å². The first-order valence-electron chi connectivity index (χ1n) is 13.4. The standard InChI is InChI=1S/C36H21N3O/c1-2-9-25-22(8-1)18-21-27-26-10-3-5-13-30(26)39(35(25)27)24-19-16-23(17-20-24)36-37-29-12-7-15-32-33(29)34(38-36)28-11-4-6-14-31(28)40-32/h1-21H. The average Bonchev–Trinajstić information content (AvgIpc) is 3.36. The van der Waals surface area contributed by atoms with Crippen LogP contribution in [0.15, 0.2) is 127 Å². The molecular weight excluding hydrogens is 490 g/mol. The fraction of sp³-hybridized carbons (Fsp3) is 0. The van der Waals surface area contributed by atoms with Crippen molar-refractivity contribution in [2.24, 2.45) is 0 Å². The first-order chi connectivity index (χ1) is 19.8. The fourth-order valence-electron chi connectivity index (χ4n) is 6.19. The summed E-state index contributed by atoms with van der Waals surface area (Å²) < 4.78 is 8.55. The lowest BCUT2D eigenvalue weighted by molar-refractivity contribution is 0.486. The van der Waals surface area contributed by atoms with Crippen molar-refractivity contribution in [1.29, 1.82) is 0 Å². The van der Waals surface area contributed by atoms with Gasteiger partial charge in [-0.1, -0.05) is 72.8 Å². The van der Waals surface area contributed by atoms with Crippen LogP contribution >= 0.6 is 0 Å². The Morgan fingerprint density at radius 2 is 1.32 bits per heavy atom. The lowest BCUT2D eigenvalue weighted by atomic mass is 10.0. The number of aromatic nitrogens is 3. The summed E-state index contributed by atoms with van der Waals surface area (Å²) in [7, 11) is 0. The molecule has 6 aromatic carbocycles. The number of fused-ring (bicyclic) bond motifs is 7. The van der Waals surface area contributed by atoms with Gasteiger partial charge in [0.2, 0.25) is 0 Å². The highest BCUT2D eigenvalue weighted by molar-refractivity contribution is 6.18. The number of ether oxygens (including phenoxy) is 1. The Morgan fingerprint density at radius 1 is 0.550 bits per heavy atom. The molecule has 0 N–H and O–H groups in total. The van der Waals surface area contributed by atoms with Crippen LogP contribution in [0.3, 0.4) is 0 Å². The third-order valence-electron chi connectivity index (χ3n) is 7.99. The number of nitrogens with zero attached hydrogens (tertiary/aromatic N) is 3. The Hall–Kier alpha value is -5.48. The van der Waals surface area contributed by atoms with E-state index in [4.69, 9.17) is 14.7 Å². The van der Waals surface area contributed by atoms with E-state index in [1.165, 1.54) is 32.6 Å². The van der Waals surface area contributed by atoms with E-state index in [2.05, 4.69) is 95.6 Å². The van der Waals surface area contributed by atoms with Crippen LogP contribution in [0, 0.1) is 0 Å². The quantitative estimate of drug-likeness (QED) is 0.232. The molecule has 2 aromatic heterocycles. The molecule has 0 fully saturated rings. The maximum Gasteiger partial charge on any atom is 0.160 e. The summed E-state index contributed by atoms with van der Waals surface area (Å²) in [4.78, 5) is 10.0. The lowest BCUT2D eigenvalue weighted by Crippen LogP contribution is -2.02. The van der Waals surface area contributed by atoms with Crippen LogP contribution in [0.4, 0.5) is 0 Å². The highest BCUT2D eigenvalue weighted by Gasteiger charge is 2.23. The van der Waals surface area contributed by atoms with Crippen LogP contribution in [0.25, 0.3) is 71.8 Å². The Morgan fingerprint density at radius 3 is 2.25 bits per heavy atom. The molecule has 40 heavy (non-hydrogen) atoms. The van der Waals surface area contributed by atoms with Crippen molar-refractivity contribution >= 4 is 43.5 Å². The lowest BCUT2D eigenvalue weighted by Gasteiger charge is -2.20. The molecule has 0 saturated carbocycles. The molecule has 0 amide bonds. The molecule has 0 unspecified atom stereocenters. The predicted molar refractivity (Wildman–Crippen MR) is 162 cm³/mol. The van der Waals surface area contributed by atoms with E-state index in [1.807, 2.05) is 36.4 Å². The van der Waals surface area contributed by atoms with Crippen molar-refractivity contribution in [3.63, 3.8) is 0 Å². The van der Waals surface area contributed by atoms with Gasteiger partial charge in [0.15, 0.2) is 5.82 Å². The van der Waals surface area contributed by atoms with Crippen molar-refractivity contribution < 1.29 is 4.74 Å². The van der Waals surface area contributed by atoms with E-state index in [9.17, 15) is 0 Å². The second-order valence-corrected chi connectivity index (χ2v) is 10.2. The minimum Gasteiger partial charge on any atom is -0.456 e. The Kier molecular flexibility index (Phi) is 4.30. The molecule has 0 aliphatic carbocycles. The molecular formula is C36H21N3O. The molecule has 0 bridgehead atoms. The van der Waals surface area contributed by atoms with Gasteiger partial charge < -0.3 is 9.30 Å². The number of rotatable bonds is 2. The molecule has 1 aliphatic rings. The van der Waals surface area contributed by atoms with Gasteiger partial charge in [0.05, 0.1) is 27.6 Å². The SMILES string of the molecule is c1ccc2c(c1)Oc1cccc3nc(-c4ccc(-n5c6ccccc6c6ccc7ccccc7c65)cc4)nc-2c13. The number of para-hydroxylation sites is 2. The molecule has 0 atom stereocenters. The van der Waals surface area contributed by atoms with E-state index in [1.54, 1.807) is 0 Å². The van der Waals surface area contributed by atoms with Gasteiger partial charge in [-0.05, 0) is 60.0 Å². The minimum absolute atomic E-state index is 0.704. The fourth-order valence-corrected chi connectivity index (χ4v) is 6.19. The van der Waals surface area contributed by atoms with Crippen molar-refractivity contribution in [3.8, 4) is 39.8 Å². The van der Waals surface area contributed by atoms with Crippen LogP contribution in [0.1, 0.15) is 0 Å². The number of hydrogen-bond donors (Lipinski definition) is 0. The van der Waals surface area contributed by atoms with Crippen molar-refractivity contribution in [2.75, 3.05) is 0 Å². The van der Waals surface area contributed by atoms with Crippen molar-refractivity contribution in [1.82, 2.24) is 14.5 Å². The maximum atomic E-state index is 6.17. The van der Waals surface area contributed by atoms with E-state index < -0.39 is 0 Å².